The van der Waals surface area contributed by atoms with Gasteiger partial charge >= 0.3 is 5.97 Å². The number of methoxy groups -OCH3 is 1. The Bertz CT molecular complexity index is 507. The van der Waals surface area contributed by atoms with Crippen LogP contribution < -0.4 is 5.32 Å². The van der Waals surface area contributed by atoms with Gasteiger partial charge in [-0.1, -0.05) is 0 Å². The van der Waals surface area contributed by atoms with Crippen molar-refractivity contribution in [3.8, 4) is 0 Å². The molecule has 1 aromatic heterocycles. The number of hydrogen-bond acceptors (Lipinski definition) is 6. The summed E-state index contributed by atoms with van der Waals surface area (Å²) in [6.07, 6.45) is 1.31. The first-order valence-corrected chi connectivity index (χ1v) is 7.37. The molecule has 1 fully saturated rings. The van der Waals surface area contributed by atoms with Crippen molar-refractivity contribution in [2.45, 2.75) is 19.8 Å². The number of aromatic nitrogens is 1. The molecule has 7 heteroatoms. The molecule has 0 radical (unpaired) electrons. The summed E-state index contributed by atoms with van der Waals surface area (Å²) in [5.41, 5.74) is 1.40. The Morgan fingerprint density at radius 1 is 1.40 bits per heavy atom. The van der Waals surface area contributed by atoms with Gasteiger partial charge in [0, 0.05) is 20.1 Å². The fourth-order valence-corrected chi connectivity index (χ4v) is 3.17. The highest BCUT2D eigenvalue weighted by atomic mass is 32.1. The zero-order valence-electron chi connectivity index (χ0n) is 11.9. The molecular formula is C13H19N3O3S. The predicted molar refractivity (Wildman–Crippen MR) is 77.0 cm³/mol. The molecule has 0 unspecified atom stereocenters. The maximum atomic E-state index is 12.5. The lowest BCUT2D eigenvalue weighted by atomic mass is 9.96. The first-order chi connectivity index (χ1) is 9.58. The van der Waals surface area contributed by atoms with Gasteiger partial charge in [0.05, 0.1) is 24.3 Å². The molecule has 20 heavy (non-hydrogen) atoms. The Morgan fingerprint density at radius 2 is 2.05 bits per heavy atom. The number of amides is 1. The van der Waals surface area contributed by atoms with Gasteiger partial charge < -0.3 is 15.0 Å². The third-order valence-electron chi connectivity index (χ3n) is 3.62. The van der Waals surface area contributed by atoms with Crippen LogP contribution in [0.4, 0.5) is 5.00 Å². The summed E-state index contributed by atoms with van der Waals surface area (Å²) >= 11 is 1.29. The zero-order chi connectivity index (χ0) is 14.7. The lowest BCUT2D eigenvalue weighted by Gasteiger charge is -2.30. The van der Waals surface area contributed by atoms with Crippen LogP contribution in [0.3, 0.4) is 0 Å². The van der Waals surface area contributed by atoms with Gasteiger partial charge in [-0.15, -0.1) is 0 Å². The molecule has 110 valence electrons. The third kappa shape index (κ3) is 2.77. The van der Waals surface area contributed by atoms with Crippen molar-refractivity contribution < 1.29 is 14.3 Å². The average molecular weight is 297 g/mol. The lowest BCUT2D eigenvalue weighted by Crippen LogP contribution is -2.40. The second-order valence-electron chi connectivity index (χ2n) is 4.81. The van der Waals surface area contributed by atoms with E-state index in [1.807, 2.05) is 6.92 Å². The van der Waals surface area contributed by atoms with Crippen LogP contribution in [0.2, 0.25) is 0 Å². The third-order valence-corrected chi connectivity index (χ3v) is 4.58. The van der Waals surface area contributed by atoms with E-state index in [4.69, 9.17) is 4.74 Å². The van der Waals surface area contributed by atoms with Gasteiger partial charge in [-0.25, -0.2) is 0 Å². The topological polar surface area (TPSA) is 71.5 Å². The van der Waals surface area contributed by atoms with Crippen molar-refractivity contribution in [1.29, 1.82) is 0 Å². The van der Waals surface area contributed by atoms with Gasteiger partial charge in [-0.2, -0.15) is 4.37 Å². The standard InChI is InChI=1S/C13H19N3O3S/c1-8-10(11(14-2)20-15-8)12(17)16-6-4-9(5-7-16)13(18)19-3/h9,14H,4-7H2,1-3H3. The van der Waals surface area contributed by atoms with Crippen molar-refractivity contribution in [2.24, 2.45) is 5.92 Å². The molecule has 2 rings (SSSR count). The average Bonchev–Trinajstić information content (AvgIpc) is 2.86. The first kappa shape index (κ1) is 14.8. The minimum Gasteiger partial charge on any atom is -0.469 e. The normalized spacial score (nSPS) is 16.1. The molecule has 1 aliphatic rings. The van der Waals surface area contributed by atoms with Crippen LogP contribution in [0.1, 0.15) is 28.9 Å². The van der Waals surface area contributed by atoms with Crippen LogP contribution in [-0.2, 0) is 9.53 Å². The Morgan fingerprint density at radius 3 is 2.60 bits per heavy atom. The highest BCUT2D eigenvalue weighted by Gasteiger charge is 2.30. The number of rotatable bonds is 3. The van der Waals surface area contributed by atoms with Crippen molar-refractivity contribution in [2.75, 3.05) is 32.6 Å². The van der Waals surface area contributed by atoms with Gasteiger partial charge in [0.2, 0.25) is 0 Å². The van der Waals surface area contributed by atoms with Crippen LogP contribution in [0.25, 0.3) is 0 Å². The number of ether oxygens (including phenoxy) is 1. The van der Waals surface area contributed by atoms with Gasteiger partial charge in [-0.3, -0.25) is 9.59 Å². The molecule has 0 aliphatic carbocycles. The second kappa shape index (κ2) is 6.21. The van der Waals surface area contributed by atoms with E-state index in [0.29, 0.717) is 31.5 Å². The molecule has 0 saturated carbocycles. The zero-order valence-corrected chi connectivity index (χ0v) is 12.7. The van der Waals surface area contributed by atoms with Gasteiger partial charge in [0.25, 0.3) is 5.91 Å². The highest BCUT2D eigenvalue weighted by molar-refractivity contribution is 7.10. The molecule has 2 heterocycles. The number of carbonyl (C=O) groups is 2. The van der Waals surface area contributed by atoms with Gasteiger partial charge in [0.15, 0.2) is 0 Å². The smallest absolute Gasteiger partial charge is 0.308 e. The van der Waals surface area contributed by atoms with E-state index >= 15 is 0 Å². The summed E-state index contributed by atoms with van der Waals surface area (Å²) in [5.74, 6) is -0.278. The van der Waals surface area contributed by atoms with Crippen molar-refractivity contribution in [3.05, 3.63) is 11.3 Å². The number of nitrogens with one attached hydrogen (secondary N) is 1. The van der Waals surface area contributed by atoms with E-state index in [-0.39, 0.29) is 17.8 Å². The largest absolute Gasteiger partial charge is 0.469 e. The first-order valence-electron chi connectivity index (χ1n) is 6.59. The molecule has 6 nitrogen and oxygen atoms in total. The molecule has 1 aliphatic heterocycles. The molecule has 0 aromatic carbocycles. The second-order valence-corrected chi connectivity index (χ2v) is 5.59. The Labute approximate surface area is 122 Å². The quantitative estimate of drug-likeness (QED) is 0.856. The number of piperidine rings is 1. The van der Waals surface area contributed by atoms with Crippen LogP contribution in [0, 0.1) is 12.8 Å². The minimum atomic E-state index is -0.179. The monoisotopic (exact) mass is 297 g/mol. The summed E-state index contributed by atoms with van der Waals surface area (Å²) in [7, 11) is 3.19. The van der Waals surface area contributed by atoms with Crippen molar-refractivity contribution in [1.82, 2.24) is 9.27 Å². The maximum Gasteiger partial charge on any atom is 0.308 e. The van der Waals surface area contributed by atoms with Crippen LogP contribution >= 0.6 is 11.5 Å². The molecule has 1 aromatic rings. The summed E-state index contributed by atoms with van der Waals surface area (Å²) in [4.78, 5) is 25.8. The van der Waals surface area contributed by atoms with Crippen molar-refractivity contribution >= 4 is 28.4 Å². The van der Waals surface area contributed by atoms with Crippen LogP contribution in [0.5, 0.6) is 0 Å². The fourth-order valence-electron chi connectivity index (χ4n) is 2.44. The predicted octanol–water partition coefficient (Wildman–Crippen LogP) is 1.52. The molecule has 1 N–H and O–H groups in total. The molecule has 0 atom stereocenters. The Balaban J connectivity index is 2.05. The van der Waals surface area contributed by atoms with Gasteiger partial charge in [-0.05, 0) is 31.3 Å². The minimum absolute atomic E-state index is 0.0103. The lowest BCUT2D eigenvalue weighted by molar-refractivity contribution is -0.146. The molecule has 0 bridgehead atoms. The summed E-state index contributed by atoms with van der Waals surface area (Å²) < 4.78 is 8.97. The van der Waals surface area contributed by atoms with E-state index in [2.05, 4.69) is 9.69 Å². The van der Waals surface area contributed by atoms with E-state index in [1.54, 1.807) is 11.9 Å². The number of aryl methyl sites for hydroxylation is 1. The number of likely N-dealkylation sites (tertiary alicyclic amines) is 1. The molecule has 1 saturated heterocycles. The van der Waals surface area contributed by atoms with E-state index in [9.17, 15) is 9.59 Å². The summed E-state index contributed by atoms with van der Waals surface area (Å²) in [6.45, 7) is 3.00. The Hall–Kier alpha value is -1.63. The van der Waals surface area contributed by atoms with Crippen molar-refractivity contribution in [3.63, 3.8) is 0 Å². The number of nitrogens with zero attached hydrogens (tertiary/aromatic N) is 2. The SMILES string of the molecule is CNc1snc(C)c1C(=O)N1CCC(C(=O)OC)CC1. The number of carbonyl (C=O) groups excluding carboxylic acids is 2. The van der Waals surface area contributed by atoms with E-state index in [0.717, 1.165) is 10.7 Å². The van der Waals surface area contributed by atoms with Gasteiger partial charge in [0.1, 0.15) is 5.00 Å². The molecule has 0 spiro atoms. The number of esters is 1. The maximum absolute atomic E-state index is 12.5. The van der Waals surface area contributed by atoms with Crippen LogP contribution in [-0.4, -0.2) is 48.4 Å². The van der Waals surface area contributed by atoms with E-state index < -0.39 is 0 Å². The molecular weight excluding hydrogens is 278 g/mol. The van der Waals surface area contributed by atoms with Crippen LogP contribution in [0.15, 0.2) is 0 Å². The number of hydrogen-bond donors (Lipinski definition) is 1. The fraction of sp³-hybridized carbons (Fsp3) is 0.615. The summed E-state index contributed by atoms with van der Waals surface area (Å²) in [5, 5.41) is 3.80. The highest BCUT2D eigenvalue weighted by Crippen LogP contribution is 2.27. The van der Waals surface area contributed by atoms with E-state index in [1.165, 1.54) is 18.6 Å². The number of anilines is 1. The summed E-state index contributed by atoms with van der Waals surface area (Å²) in [6, 6.07) is 0. The molecule has 1 amide bonds. The Kier molecular flexibility index (Phi) is 4.59.